The molecule has 0 spiro atoms. The fraction of sp³-hybridized carbons (Fsp3) is 0.714. The first kappa shape index (κ1) is 17.3. The molecule has 3 atom stereocenters. The van der Waals surface area contributed by atoms with Gasteiger partial charge >= 0.3 is 0 Å². The van der Waals surface area contributed by atoms with Crippen molar-refractivity contribution in [3.8, 4) is 5.75 Å². The van der Waals surface area contributed by atoms with Gasteiger partial charge < -0.3 is 14.7 Å². The number of ether oxygens (including phenoxy) is 1. The minimum atomic E-state index is 0.352. The number of likely N-dealkylation sites (tertiary alicyclic amines) is 2. The maximum Gasteiger partial charge on any atom is 0.115 e. The fourth-order valence-electron chi connectivity index (χ4n) is 4.77. The molecule has 1 aliphatic carbocycles. The Morgan fingerprint density at radius 3 is 2.40 bits per heavy atom. The van der Waals surface area contributed by atoms with Crippen LogP contribution in [0.4, 0.5) is 0 Å². The quantitative estimate of drug-likeness (QED) is 0.736. The lowest BCUT2D eigenvalue weighted by Crippen LogP contribution is -2.31. The fourth-order valence-corrected chi connectivity index (χ4v) is 4.77. The van der Waals surface area contributed by atoms with E-state index >= 15 is 0 Å². The first-order chi connectivity index (χ1) is 12.3. The van der Waals surface area contributed by atoms with Gasteiger partial charge in [0.15, 0.2) is 0 Å². The van der Waals surface area contributed by atoms with Gasteiger partial charge in [0.05, 0.1) is 6.61 Å². The molecule has 2 aliphatic heterocycles. The predicted octanol–water partition coefficient (Wildman–Crippen LogP) is 2.96. The number of phenolic OH excluding ortho intramolecular Hbond substituents is 1. The summed E-state index contributed by atoms with van der Waals surface area (Å²) >= 11 is 0. The third kappa shape index (κ3) is 4.55. The van der Waals surface area contributed by atoms with E-state index in [0.29, 0.717) is 5.75 Å². The molecule has 0 aromatic heterocycles. The normalized spacial score (nSPS) is 29.7. The Morgan fingerprint density at radius 2 is 1.68 bits per heavy atom. The van der Waals surface area contributed by atoms with Crippen molar-refractivity contribution in [1.82, 2.24) is 9.80 Å². The van der Waals surface area contributed by atoms with Gasteiger partial charge in [-0.2, -0.15) is 0 Å². The van der Waals surface area contributed by atoms with Gasteiger partial charge in [-0.3, -0.25) is 4.90 Å². The summed E-state index contributed by atoms with van der Waals surface area (Å²) in [6, 6.07) is 7.63. The first-order valence-electron chi connectivity index (χ1n) is 10.1. The van der Waals surface area contributed by atoms with Gasteiger partial charge in [-0.1, -0.05) is 18.6 Å². The van der Waals surface area contributed by atoms with Crippen molar-refractivity contribution >= 4 is 0 Å². The van der Waals surface area contributed by atoms with Crippen LogP contribution in [0.5, 0.6) is 5.75 Å². The molecule has 0 bridgehead atoms. The predicted molar refractivity (Wildman–Crippen MR) is 99.6 cm³/mol. The number of hydrogen-bond acceptors (Lipinski definition) is 4. The Kier molecular flexibility index (Phi) is 5.59. The molecule has 4 heteroatoms. The summed E-state index contributed by atoms with van der Waals surface area (Å²) < 4.78 is 5.98. The number of aromatic hydroxyl groups is 1. The van der Waals surface area contributed by atoms with Gasteiger partial charge in [-0.25, -0.2) is 0 Å². The highest BCUT2D eigenvalue weighted by molar-refractivity contribution is 5.26. The molecule has 4 rings (SSSR count). The second-order valence-electron chi connectivity index (χ2n) is 8.18. The molecule has 0 amide bonds. The van der Waals surface area contributed by atoms with Gasteiger partial charge in [-0.05, 0) is 67.8 Å². The summed E-state index contributed by atoms with van der Waals surface area (Å²) in [7, 11) is 0. The second-order valence-corrected chi connectivity index (χ2v) is 8.18. The van der Waals surface area contributed by atoms with Crippen LogP contribution in [0, 0.1) is 17.8 Å². The first-order valence-corrected chi connectivity index (χ1v) is 10.1. The van der Waals surface area contributed by atoms with Crippen molar-refractivity contribution in [2.45, 2.75) is 32.2 Å². The topological polar surface area (TPSA) is 35.9 Å². The van der Waals surface area contributed by atoms with Gasteiger partial charge in [0.25, 0.3) is 0 Å². The SMILES string of the molecule is Oc1ccc(CN2C[C@@H]3C(COCCCN4CCCCC4)[C@@H]3C2)cc1. The zero-order valence-electron chi connectivity index (χ0n) is 15.3. The monoisotopic (exact) mass is 344 g/mol. The van der Waals surface area contributed by atoms with Crippen molar-refractivity contribution in [3.05, 3.63) is 29.8 Å². The van der Waals surface area contributed by atoms with Gasteiger partial charge in [0, 0.05) is 32.8 Å². The maximum atomic E-state index is 9.37. The molecular formula is C21H32N2O2. The summed E-state index contributed by atoms with van der Waals surface area (Å²) in [5.41, 5.74) is 1.30. The summed E-state index contributed by atoms with van der Waals surface area (Å²) in [6.07, 6.45) is 5.37. The molecule has 1 aromatic carbocycles. The van der Waals surface area contributed by atoms with E-state index in [1.807, 2.05) is 12.1 Å². The highest BCUT2D eigenvalue weighted by Crippen LogP contribution is 2.52. The zero-order valence-corrected chi connectivity index (χ0v) is 15.3. The van der Waals surface area contributed by atoms with E-state index in [9.17, 15) is 5.11 Å². The summed E-state index contributed by atoms with van der Waals surface area (Å²) in [5.74, 6) is 2.88. The van der Waals surface area contributed by atoms with Gasteiger partial charge in [0.2, 0.25) is 0 Å². The molecule has 2 heterocycles. The van der Waals surface area contributed by atoms with Crippen LogP contribution in [0.25, 0.3) is 0 Å². The average Bonchev–Trinajstić information content (AvgIpc) is 3.09. The van der Waals surface area contributed by atoms with E-state index in [4.69, 9.17) is 4.74 Å². The number of piperidine rings is 2. The molecule has 3 fully saturated rings. The maximum absolute atomic E-state index is 9.37. The van der Waals surface area contributed by atoms with E-state index in [1.54, 1.807) is 12.1 Å². The van der Waals surface area contributed by atoms with Crippen LogP contribution in [-0.4, -0.2) is 60.8 Å². The van der Waals surface area contributed by atoms with Gasteiger partial charge in [-0.15, -0.1) is 0 Å². The Labute approximate surface area is 151 Å². The molecule has 3 aliphatic rings. The van der Waals surface area contributed by atoms with Crippen LogP contribution in [0.3, 0.4) is 0 Å². The number of fused-ring (bicyclic) bond motifs is 1. The van der Waals surface area contributed by atoms with Crippen molar-refractivity contribution < 1.29 is 9.84 Å². The van der Waals surface area contributed by atoms with Gasteiger partial charge in [0.1, 0.15) is 5.75 Å². The Balaban J connectivity index is 1.07. The van der Waals surface area contributed by atoms with Crippen LogP contribution in [0.15, 0.2) is 24.3 Å². The molecule has 1 unspecified atom stereocenters. The number of nitrogens with zero attached hydrogens (tertiary/aromatic N) is 2. The minimum Gasteiger partial charge on any atom is -0.508 e. The number of benzene rings is 1. The van der Waals surface area contributed by atoms with E-state index in [0.717, 1.165) is 37.5 Å². The lowest BCUT2D eigenvalue weighted by Gasteiger charge is -2.26. The van der Waals surface area contributed by atoms with Crippen LogP contribution in [0.1, 0.15) is 31.2 Å². The van der Waals surface area contributed by atoms with Crippen molar-refractivity contribution in [1.29, 1.82) is 0 Å². The number of rotatable bonds is 8. The largest absolute Gasteiger partial charge is 0.508 e. The van der Waals surface area contributed by atoms with Crippen LogP contribution in [-0.2, 0) is 11.3 Å². The smallest absolute Gasteiger partial charge is 0.115 e. The molecule has 1 aromatic rings. The van der Waals surface area contributed by atoms with Crippen LogP contribution in [0.2, 0.25) is 0 Å². The van der Waals surface area contributed by atoms with E-state index in [1.165, 1.54) is 64.0 Å². The average molecular weight is 344 g/mol. The molecule has 2 saturated heterocycles. The molecule has 1 N–H and O–H groups in total. The van der Waals surface area contributed by atoms with E-state index in [-0.39, 0.29) is 0 Å². The van der Waals surface area contributed by atoms with E-state index < -0.39 is 0 Å². The van der Waals surface area contributed by atoms with Crippen molar-refractivity contribution in [2.24, 2.45) is 17.8 Å². The van der Waals surface area contributed by atoms with E-state index in [2.05, 4.69) is 9.80 Å². The second kappa shape index (κ2) is 8.07. The Hall–Kier alpha value is -1.10. The highest BCUT2D eigenvalue weighted by Gasteiger charge is 2.55. The standard InChI is InChI=1S/C21H32N2O2/c24-18-7-5-17(6-8-18)13-23-14-19-20(15-23)21(19)16-25-12-4-11-22-9-2-1-3-10-22/h5-8,19-21,24H,1-4,9-16H2/t19-,20+,21?. The molecule has 4 nitrogen and oxygen atoms in total. The van der Waals surface area contributed by atoms with Crippen LogP contribution < -0.4 is 0 Å². The van der Waals surface area contributed by atoms with Crippen molar-refractivity contribution in [2.75, 3.05) is 45.9 Å². The summed E-state index contributed by atoms with van der Waals surface area (Å²) in [5, 5.41) is 9.37. The number of hydrogen-bond donors (Lipinski definition) is 1. The lowest BCUT2D eigenvalue weighted by molar-refractivity contribution is 0.0967. The van der Waals surface area contributed by atoms with Crippen LogP contribution >= 0.6 is 0 Å². The third-order valence-corrected chi connectivity index (χ3v) is 6.31. The lowest BCUT2D eigenvalue weighted by atomic mass is 10.1. The summed E-state index contributed by atoms with van der Waals surface area (Å²) in [4.78, 5) is 5.15. The molecule has 138 valence electrons. The summed E-state index contributed by atoms with van der Waals surface area (Å²) in [6.45, 7) is 9.16. The Bertz CT molecular complexity index is 529. The molecular weight excluding hydrogens is 312 g/mol. The zero-order chi connectivity index (χ0) is 17.1. The highest BCUT2D eigenvalue weighted by atomic mass is 16.5. The van der Waals surface area contributed by atoms with Crippen molar-refractivity contribution in [3.63, 3.8) is 0 Å². The molecule has 25 heavy (non-hydrogen) atoms. The third-order valence-electron chi connectivity index (χ3n) is 6.31. The minimum absolute atomic E-state index is 0.352. The molecule has 1 saturated carbocycles. The number of phenols is 1. The Morgan fingerprint density at radius 1 is 0.960 bits per heavy atom. The molecule has 0 radical (unpaired) electrons.